The van der Waals surface area contributed by atoms with E-state index in [1.54, 1.807) is 6.08 Å². The Kier molecular flexibility index (Phi) is 5.25. The molecule has 2 saturated heterocycles. The molecule has 4 atom stereocenters. The van der Waals surface area contributed by atoms with Gasteiger partial charge in [0.05, 0.1) is 5.60 Å². The average molecular weight is 434 g/mol. The second kappa shape index (κ2) is 8.10. The third-order valence-corrected chi connectivity index (χ3v) is 6.86. The first-order valence-electron chi connectivity index (χ1n) is 11.1. The summed E-state index contributed by atoms with van der Waals surface area (Å²) in [6.45, 7) is 6.24. The predicted octanol–water partition coefficient (Wildman–Crippen LogP) is 4.48. The van der Waals surface area contributed by atoms with Gasteiger partial charge in [0, 0.05) is 40.2 Å². The van der Waals surface area contributed by atoms with E-state index in [0.717, 1.165) is 47.7 Å². The van der Waals surface area contributed by atoms with Crippen LogP contribution in [-0.4, -0.2) is 41.3 Å². The molecule has 6 heteroatoms. The van der Waals surface area contributed by atoms with Gasteiger partial charge in [0.25, 0.3) is 0 Å². The topological polar surface area (TPSA) is 80.9 Å². The van der Waals surface area contributed by atoms with Gasteiger partial charge >= 0.3 is 11.9 Å². The molecule has 5 rings (SSSR count). The molecule has 0 amide bonds. The van der Waals surface area contributed by atoms with E-state index >= 15 is 0 Å². The number of nitrogens with one attached hydrogen (secondary N) is 1. The first-order chi connectivity index (χ1) is 15.4. The van der Waals surface area contributed by atoms with E-state index in [2.05, 4.69) is 24.6 Å². The molecule has 0 saturated carbocycles. The number of fused-ring (bicyclic) bond motifs is 4. The molecule has 0 radical (unpaired) electrons. The zero-order chi connectivity index (χ0) is 22.3. The predicted molar refractivity (Wildman–Crippen MR) is 121 cm³/mol. The van der Waals surface area contributed by atoms with Gasteiger partial charge in [-0.2, -0.15) is 0 Å². The molecule has 2 aliphatic heterocycles. The lowest BCUT2D eigenvalue weighted by Gasteiger charge is -2.20. The molecule has 1 aliphatic carbocycles. The van der Waals surface area contributed by atoms with Gasteiger partial charge in [-0.1, -0.05) is 30.9 Å². The van der Waals surface area contributed by atoms with Crippen LogP contribution in [-0.2, 0) is 23.8 Å². The van der Waals surface area contributed by atoms with Crippen molar-refractivity contribution in [2.24, 2.45) is 5.92 Å². The minimum atomic E-state index is -0.382. The number of hydrogen-bond donors (Lipinski definition) is 1. The Morgan fingerprint density at radius 3 is 3.09 bits per heavy atom. The minimum Gasteiger partial charge on any atom is -0.458 e. The normalized spacial score (nSPS) is 31.5. The van der Waals surface area contributed by atoms with Crippen LogP contribution in [0.1, 0.15) is 38.2 Å². The third kappa shape index (κ3) is 3.91. The Labute approximate surface area is 186 Å². The molecule has 1 N–H and O–H groups in total. The van der Waals surface area contributed by atoms with Crippen LogP contribution in [0.15, 0.2) is 60.3 Å². The summed E-state index contributed by atoms with van der Waals surface area (Å²) in [5.74, 6) is -0.766. The number of aromatic nitrogens is 1. The number of esters is 2. The van der Waals surface area contributed by atoms with Crippen molar-refractivity contribution in [3.63, 3.8) is 0 Å². The second-order valence-corrected chi connectivity index (χ2v) is 9.02. The summed E-state index contributed by atoms with van der Waals surface area (Å²) in [5.41, 5.74) is 3.26. The highest BCUT2D eigenvalue weighted by atomic mass is 16.6. The molecule has 166 valence electrons. The fourth-order valence-corrected chi connectivity index (χ4v) is 4.85. The van der Waals surface area contributed by atoms with Crippen LogP contribution in [0, 0.1) is 5.92 Å². The van der Waals surface area contributed by atoms with Crippen LogP contribution in [0.3, 0.4) is 0 Å². The first kappa shape index (κ1) is 20.8. The molecule has 1 aromatic carbocycles. The highest BCUT2D eigenvalue weighted by molar-refractivity contribution is 5.94. The molecule has 0 spiro atoms. The Bertz CT molecular complexity index is 1140. The number of carbonyl (C=O) groups excluding carboxylic acids is 2. The number of hydrogen-bond acceptors (Lipinski definition) is 5. The van der Waals surface area contributed by atoms with E-state index in [9.17, 15) is 9.59 Å². The number of epoxide rings is 1. The lowest BCUT2D eigenvalue weighted by Crippen LogP contribution is -2.29. The van der Waals surface area contributed by atoms with Crippen molar-refractivity contribution in [1.82, 2.24) is 4.98 Å². The fourth-order valence-electron chi connectivity index (χ4n) is 4.85. The van der Waals surface area contributed by atoms with E-state index in [4.69, 9.17) is 14.2 Å². The van der Waals surface area contributed by atoms with Gasteiger partial charge in [0.15, 0.2) is 0 Å². The first-order valence-corrected chi connectivity index (χ1v) is 11.1. The Morgan fingerprint density at radius 2 is 2.22 bits per heavy atom. The molecule has 3 heterocycles. The maximum atomic E-state index is 12.3. The zero-order valence-corrected chi connectivity index (χ0v) is 18.1. The van der Waals surface area contributed by atoms with Crippen molar-refractivity contribution in [3.8, 4) is 0 Å². The number of H-pyrrole nitrogens is 1. The molecule has 32 heavy (non-hydrogen) atoms. The van der Waals surface area contributed by atoms with Crippen LogP contribution >= 0.6 is 0 Å². The highest BCUT2D eigenvalue weighted by Crippen LogP contribution is 2.49. The van der Waals surface area contributed by atoms with E-state index in [1.165, 1.54) is 6.08 Å². The van der Waals surface area contributed by atoms with Crippen molar-refractivity contribution in [2.75, 3.05) is 6.61 Å². The smallest absolute Gasteiger partial charge is 0.334 e. The second-order valence-electron chi connectivity index (χ2n) is 9.02. The molecule has 1 aromatic heterocycles. The lowest BCUT2D eigenvalue weighted by molar-refractivity contribution is -0.140. The largest absolute Gasteiger partial charge is 0.458 e. The van der Waals surface area contributed by atoms with Crippen molar-refractivity contribution < 1.29 is 23.8 Å². The van der Waals surface area contributed by atoms with Crippen LogP contribution in [0.2, 0.25) is 0 Å². The minimum absolute atomic E-state index is 0.0573. The summed E-state index contributed by atoms with van der Waals surface area (Å²) in [4.78, 5) is 27.6. The summed E-state index contributed by atoms with van der Waals surface area (Å²) in [5, 5.41) is 1.06. The third-order valence-electron chi connectivity index (χ3n) is 6.86. The van der Waals surface area contributed by atoms with Gasteiger partial charge in [0.1, 0.15) is 18.8 Å². The molecule has 0 bridgehead atoms. The van der Waals surface area contributed by atoms with Gasteiger partial charge < -0.3 is 19.2 Å². The van der Waals surface area contributed by atoms with E-state index < -0.39 is 0 Å². The standard InChI is InChI=1S/C26H27NO5/c1-16-19-11-9-17(6-5-13-26(2)24(32-26)23(19)31-25(16)29)15-30-22(28)12-10-18-14-27-21-8-4-3-7-20(18)21/h3-4,6-8,10,12,14,19,23-24,27H,1,5,9,11,13,15H2,2H3/b12-10+,17-6+/t19-,23-,24+,26+/m0/s1. The summed E-state index contributed by atoms with van der Waals surface area (Å²) in [6.07, 6.45) is 10.0. The van der Waals surface area contributed by atoms with Gasteiger partial charge in [-0.15, -0.1) is 0 Å². The molecule has 2 fully saturated rings. The molecular weight excluding hydrogens is 406 g/mol. The summed E-state index contributed by atoms with van der Waals surface area (Å²) < 4.78 is 17.0. The summed E-state index contributed by atoms with van der Waals surface area (Å²) in [7, 11) is 0. The number of aromatic amines is 1. The van der Waals surface area contributed by atoms with Crippen molar-refractivity contribution in [2.45, 2.75) is 50.4 Å². The fraction of sp³-hybridized carbons (Fsp3) is 0.385. The summed E-state index contributed by atoms with van der Waals surface area (Å²) in [6, 6.07) is 7.94. The van der Waals surface area contributed by atoms with Crippen molar-refractivity contribution >= 4 is 28.9 Å². The average Bonchev–Trinajstić information content (AvgIpc) is 3.14. The number of rotatable bonds is 4. The zero-order valence-electron chi connectivity index (χ0n) is 18.1. The number of para-hydroxylation sites is 1. The molecule has 6 nitrogen and oxygen atoms in total. The van der Waals surface area contributed by atoms with Crippen molar-refractivity contribution in [1.29, 1.82) is 0 Å². The Balaban J connectivity index is 1.22. The molecule has 2 aromatic rings. The van der Waals surface area contributed by atoms with Gasteiger partial charge in [0.2, 0.25) is 0 Å². The molecule has 0 unspecified atom stereocenters. The number of allylic oxidation sites excluding steroid dienone is 1. The van der Waals surface area contributed by atoms with Crippen LogP contribution in [0.5, 0.6) is 0 Å². The number of carbonyl (C=O) groups is 2. The highest BCUT2D eigenvalue weighted by Gasteiger charge is 2.61. The number of ether oxygens (including phenoxy) is 3. The van der Waals surface area contributed by atoms with E-state index in [1.807, 2.05) is 30.5 Å². The number of benzene rings is 1. The van der Waals surface area contributed by atoms with E-state index in [0.29, 0.717) is 5.57 Å². The van der Waals surface area contributed by atoms with Crippen molar-refractivity contribution in [3.05, 3.63) is 65.9 Å². The Morgan fingerprint density at radius 1 is 1.38 bits per heavy atom. The molecule has 3 aliphatic rings. The lowest BCUT2D eigenvalue weighted by atomic mass is 9.84. The maximum Gasteiger partial charge on any atom is 0.334 e. The SMILES string of the molecule is C=C1C(=O)O[C@@H]2[C@H]3O[C@]3(C)CC/C=C(/COC(=O)/C=C/c3c[nH]c4ccccc34)CC[C@@H]12. The van der Waals surface area contributed by atoms with Crippen LogP contribution < -0.4 is 0 Å². The molecular formula is C26H27NO5. The maximum absolute atomic E-state index is 12.3. The van der Waals surface area contributed by atoms with Crippen LogP contribution in [0.25, 0.3) is 17.0 Å². The summed E-state index contributed by atoms with van der Waals surface area (Å²) >= 11 is 0. The van der Waals surface area contributed by atoms with Gasteiger partial charge in [-0.3, -0.25) is 0 Å². The van der Waals surface area contributed by atoms with Gasteiger partial charge in [-0.05, 0) is 50.3 Å². The quantitative estimate of drug-likeness (QED) is 0.333. The Hall–Kier alpha value is -3.12. The monoisotopic (exact) mass is 433 g/mol. The van der Waals surface area contributed by atoms with E-state index in [-0.39, 0.29) is 42.3 Å². The van der Waals surface area contributed by atoms with Gasteiger partial charge in [-0.25, -0.2) is 9.59 Å². The van der Waals surface area contributed by atoms with Crippen LogP contribution in [0.4, 0.5) is 0 Å².